The zero-order chi connectivity index (χ0) is 36.8. The minimum atomic E-state index is -4.32. The Kier molecular flexibility index (Phi) is 10.9. The van der Waals surface area contributed by atoms with E-state index in [0.717, 1.165) is 45.4 Å². The van der Waals surface area contributed by atoms with Gasteiger partial charge >= 0.3 is 5.97 Å². The minimum Gasteiger partial charge on any atom is -0.497 e. The zero-order valence-corrected chi connectivity index (χ0v) is 29.5. The number of hydrogen-bond acceptors (Lipinski definition) is 7. The lowest BCUT2D eigenvalue weighted by Crippen LogP contribution is -2.28. The van der Waals surface area contributed by atoms with E-state index >= 15 is 0 Å². The Hall–Kier alpha value is -5.69. The van der Waals surface area contributed by atoms with Crippen LogP contribution in [0.2, 0.25) is 5.02 Å². The molecular formula is C39H34ClN3O8S. The van der Waals surface area contributed by atoms with Gasteiger partial charge in [0, 0.05) is 41.0 Å². The monoisotopic (exact) mass is 739 g/mol. The molecule has 52 heavy (non-hydrogen) atoms. The van der Waals surface area contributed by atoms with Gasteiger partial charge in [-0.2, -0.15) is 0 Å². The molecule has 6 rings (SSSR count). The Morgan fingerprint density at radius 3 is 2.12 bits per heavy atom. The Morgan fingerprint density at radius 2 is 1.52 bits per heavy atom. The first-order valence-corrected chi connectivity index (χ1v) is 18.1. The van der Waals surface area contributed by atoms with Gasteiger partial charge in [-0.1, -0.05) is 72.3 Å². The van der Waals surface area contributed by atoms with E-state index in [-0.39, 0.29) is 36.9 Å². The van der Waals surface area contributed by atoms with Crippen LogP contribution in [0.3, 0.4) is 0 Å². The van der Waals surface area contributed by atoms with E-state index in [4.69, 9.17) is 21.1 Å². The fourth-order valence-corrected chi connectivity index (χ4v) is 7.71. The van der Waals surface area contributed by atoms with Crippen LogP contribution in [0.25, 0.3) is 10.9 Å². The number of carboxylic acid groups (broad SMARTS) is 1. The second-order valence-corrected chi connectivity index (χ2v) is 14.0. The molecule has 0 aliphatic carbocycles. The van der Waals surface area contributed by atoms with E-state index in [1.54, 1.807) is 12.1 Å². The number of carboxylic acids is 1. The number of hydrogen-bond donors (Lipinski definition) is 2. The smallest absolute Gasteiger partial charge is 0.335 e. The molecule has 0 saturated carbocycles. The van der Waals surface area contributed by atoms with Gasteiger partial charge < -0.3 is 19.1 Å². The first kappa shape index (κ1) is 36.1. The molecule has 0 spiro atoms. The zero-order valence-electron chi connectivity index (χ0n) is 27.9. The molecule has 5 aromatic carbocycles. The first-order chi connectivity index (χ1) is 25.1. The maximum Gasteiger partial charge on any atom is 0.335 e. The SMILES string of the molecule is COc1ccc(S(=O)(=O)NCCc2c(CCOc3ccc(C(=O)O)cc3)c3cc(Cl)ccc3n2C(c2ccccc2)c2ccccc2)c([N+](=O)[O-])c1. The van der Waals surface area contributed by atoms with E-state index in [1.807, 2.05) is 78.9 Å². The summed E-state index contributed by atoms with van der Waals surface area (Å²) in [6.07, 6.45) is 0.598. The molecule has 0 fully saturated rings. The highest BCUT2D eigenvalue weighted by atomic mass is 35.5. The number of ether oxygens (including phenoxy) is 2. The Balaban J connectivity index is 1.43. The summed E-state index contributed by atoms with van der Waals surface area (Å²) < 4.78 is 43.1. The van der Waals surface area contributed by atoms with Crippen molar-refractivity contribution in [1.29, 1.82) is 0 Å². The maximum absolute atomic E-state index is 13.6. The van der Waals surface area contributed by atoms with Crippen LogP contribution in [0.5, 0.6) is 11.5 Å². The summed E-state index contributed by atoms with van der Waals surface area (Å²) >= 11 is 6.59. The molecule has 1 heterocycles. The maximum atomic E-state index is 13.6. The molecule has 13 heteroatoms. The molecule has 2 N–H and O–H groups in total. The molecule has 266 valence electrons. The van der Waals surface area contributed by atoms with Gasteiger partial charge in [0.25, 0.3) is 5.69 Å². The molecule has 0 radical (unpaired) electrons. The number of nitrogens with zero attached hydrogens (tertiary/aromatic N) is 2. The van der Waals surface area contributed by atoms with Crippen LogP contribution < -0.4 is 14.2 Å². The average molecular weight is 740 g/mol. The summed E-state index contributed by atoms with van der Waals surface area (Å²) in [4.78, 5) is 22.0. The van der Waals surface area contributed by atoms with Gasteiger partial charge in [0.05, 0.1) is 36.3 Å². The van der Waals surface area contributed by atoms with Crippen LogP contribution in [0.1, 0.15) is 38.8 Å². The first-order valence-electron chi connectivity index (χ1n) is 16.3. The van der Waals surface area contributed by atoms with Crippen LogP contribution in [-0.2, 0) is 22.9 Å². The van der Waals surface area contributed by atoms with Crippen LogP contribution in [0.4, 0.5) is 5.69 Å². The van der Waals surface area contributed by atoms with Crippen LogP contribution in [0, 0.1) is 10.1 Å². The van der Waals surface area contributed by atoms with E-state index in [1.165, 1.54) is 25.3 Å². The molecule has 0 bridgehead atoms. The van der Waals surface area contributed by atoms with Crippen molar-refractivity contribution in [3.8, 4) is 11.5 Å². The topological polar surface area (TPSA) is 150 Å². The fraction of sp³-hybridized carbons (Fsp3) is 0.154. The van der Waals surface area contributed by atoms with Crippen molar-refractivity contribution >= 4 is 44.2 Å². The normalized spacial score (nSPS) is 11.5. The number of sulfonamides is 1. The second-order valence-electron chi connectivity index (χ2n) is 11.8. The molecular weight excluding hydrogens is 706 g/mol. The highest BCUT2D eigenvalue weighted by Crippen LogP contribution is 2.38. The number of halogens is 1. The quantitative estimate of drug-likeness (QED) is 0.0804. The summed E-state index contributed by atoms with van der Waals surface area (Å²) in [6.45, 7) is 0.131. The number of carbonyl (C=O) groups is 1. The van der Waals surface area contributed by atoms with Crippen LogP contribution >= 0.6 is 11.6 Å². The third-order valence-corrected chi connectivity index (χ3v) is 10.4. The molecule has 0 atom stereocenters. The molecule has 6 aromatic rings. The van der Waals surface area contributed by atoms with Gasteiger partial charge in [0.2, 0.25) is 10.0 Å². The van der Waals surface area contributed by atoms with E-state index in [9.17, 15) is 28.4 Å². The number of nitrogens with one attached hydrogen (secondary N) is 1. The van der Waals surface area contributed by atoms with Crippen molar-refractivity contribution in [1.82, 2.24) is 9.29 Å². The molecule has 1 aromatic heterocycles. The number of aromatic carboxylic acids is 1. The summed E-state index contributed by atoms with van der Waals surface area (Å²) in [7, 11) is -2.98. The summed E-state index contributed by atoms with van der Waals surface area (Å²) in [5.74, 6) is -0.385. The van der Waals surface area contributed by atoms with Gasteiger partial charge in [0.15, 0.2) is 4.90 Å². The fourth-order valence-electron chi connectivity index (χ4n) is 6.35. The molecule has 11 nitrogen and oxygen atoms in total. The highest BCUT2D eigenvalue weighted by molar-refractivity contribution is 7.89. The summed E-state index contributed by atoms with van der Waals surface area (Å²) in [5.41, 5.74) is 4.10. The molecule has 0 aliphatic heterocycles. The number of rotatable bonds is 15. The Morgan fingerprint density at radius 1 is 0.885 bits per heavy atom. The number of nitro benzene ring substituents is 1. The number of aromatic nitrogens is 1. The van der Waals surface area contributed by atoms with E-state index in [0.29, 0.717) is 17.2 Å². The van der Waals surface area contributed by atoms with Crippen molar-refractivity contribution in [2.45, 2.75) is 23.8 Å². The van der Waals surface area contributed by atoms with Crippen LogP contribution in [-0.4, -0.2) is 49.2 Å². The van der Waals surface area contributed by atoms with Gasteiger partial charge in [-0.15, -0.1) is 0 Å². The second kappa shape index (κ2) is 15.7. The lowest BCUT2D eigenvalue weighted by Gasteiger charge is -2.25. The van der Waals surface area contributed by atoms with Gasteiger partial charge in [0.1, 0.15) is 11.5 Å². The van der Waals surface area contributed by atoms with Crippen molar-refractivity contribution in [2.24, 2.45) is 0 Å². The van der Waals surface area contributed by atoms with Crippen molar-refractivity contribution < 1.29 is 32.7 Å². The molecule has 0 unspecified atom stereocenters. The number of methoxy groups -OCH3 is 1. The van der Waals surface area contributed by atoms with Crippen molar-refractivity contribution in [2.75, 3.05) is 20.3 Å². The van der Waals surface area contributed by atoms with Crippen molar-refractivity contribution in [3.05, 3.63) is 164 Å². The van der Waals surface area contributed by atoms with Gasteiger partial charge in [-0.3, -0.25) is 10.1 Å². The molecule has 0 amide bonds. The van der Waals surface area contributed by atoms with Crippen LogP contribution in [0.15, 0.2) is 126 Å². The van der Waals surface area contributed by atoms with E-state index in [2.05, 4.69) is 9.29 Å². The third kappa shape index (κ3) is 7.79. The number of benzene rings is 5. The van der Waals surface area contributed by atoms with Gasteiger partial charge in [-0.25, -0.2) is 17.9 Å². The highest BCUT2D eigenvalue weighted by Gasteiger charge is 2.29. The Labute approximate surface area is 305 Å². The largest absolute Gasteiger partial charge is 0.497 e. The lowest BCUT2D eigenvalue weighted by atomic mass is 9.97. The predicted octanol–water partition coefficient (Wildman–Crippen LogP) is 7.69. The average Bonchev–Trinajstić information content (AvgIpc) is 3.43. The lowest BCUT2D eigenvalue weighted by molar-refractivity contribution is -0.387. The summed E-state index contributed by atoms with van der Waals surface area (Å²) in [6, 6.07) is 35.0. The van der Waals surface area contributed by atoms with E-state index < -0.39 is 31.5 Å². The van der Waals surface area contributed by atoms with Crippen molar-refractivity contribution in [3.63, 3.8) is 0 Å². The molecule has 0 saturated heterocycles. The minimum absolute atomic E-state index is 0.0869. The van der Waals surface area contributed by atoms with Gasteiger partial charge in [-0.05, 0) is 71.3 Å². The predicted molar refractivity (Wildman–Crippen MR) is 198 cm³/mol. The number of fused-ring (bicyclic) bond motifs is 1. The Bertz CT molecular complexity index is 2290. The molecule has 0 aliphatic rings. The third-order valence-electron chi connectivity index (χ3n) is 8.70. The standard InChI is InChI=1S/C39H34ClN3O8S/c1-50-31-17-19-37(36(25-31)43(46)47)52(48,49)41-22-20-35-32(21-23-51-30-15-12-28(13-16-30)39(44)45)33-24-29(40)14-18-34(33)42(35)38(26-8-4-2-5-9-26)27-10-6-3-7-11-27/h2-19,24-25,38,41H,20-23H2,1H3,(H,44,45). The number of nitro groups is 1. The summed E-state index contributed by atoms with van der Waals surface area (Å²) in [5, 5.41) is 22.5.